The summed E-state index contributed by atoms with van der Waals surface area (Å²) in [6, 6.07) is 27.7. The molecule has 3 aromatic rings. The Morgan fingerprint density at radius 1 is 0.857 bits per heavy atom. The van der Waals surface area contributed by atoms with E-state index in [0.717, 1.165) is 16.7 Å². The molecular weight excluding hydrogens is 438 g/mol. The van der Waals surface area contributed by atoms with Gasteiger partial charge in [-0.15, -0.1) is 0 Å². The Kier molecular flexibility index (Phi) is 9.02. The molecule has 0 aliphatic rings. The van der Waals surface area contributed by atoms with Gasteiger partial charge in [0.1, 0.15) is 17.4 Å². The summed E-state index contributed by atoms with van der Waals surface area (Å²) in [5.74, 6) is -0.199. The molecule has 0 aromatic heterocycles. The zero-order valence-electron chi connectivity index (χ0n) is 20.3. The number of carbonyl (C=O) groups is 2. The van der Waals surface area contributed by atoms with Gasteiger partial charge in [0.25, 0.3) is 0 Å². The third-order valence-corrected chi connectivity index (χ3v) is 4.86. The Balaban J connectivity index is 1.84. The van der Waals surface area contributed by atoms with Crippen molar-refractivity contribution in [2.45, 2.75) is 38.8 Å². The van der Waals surface area contributed by atoms with Crippen LogP contribution in [0, 0.1) is 0 Å². The Bertz CT molecular complexity index is 1150. The van der Waals surface area contributed by atoms with Gasteiger partial charge >= 0.3 is 12.1 Å². The minimum Gasteiger partial charge on any atom is -0.444 e. The van der Waals surface area contributed by atoms with Crippen molar-refractivity contribution in [2.24, 2.45) is 0 Å². The molecule has 0 bridgehead atoms. The summed E-state index contributed by atoms with van der Waals surface area (Å²) in [4.78, 5) is 25.8. The van der Waals surface area contributed by atoms with Crippen molar-refractivity contribution in [1.82, 2.24) is 5.32 Å². The van der Waals surface area contributed by atoms with Gasteiger partial charge < -0.3 is 14.8 Å². The van der Waals surface area contributed by atoms with Crippen molar-refractivity contribution in [2.75, 3.05) is 0 Å². The lowest BCUT2D eigenvalue weighted by atomic mass is 10.1. The largest absolute Gasteiger partial charge is 0.444 e. The number of nitrogens with one attached hydrogen (secondary N) is 1. The second-order valence-electron chi connectivity index (χ2n) is 8.98. The molecule has 3 aromatic carbocycles. The van der Waals surface area contributed by atoms with Gasteiger partial charge in [0.05, 0.1) is 0 Å². The quantitative estimate of drug-likeness (QED) is 0.235. The lowest BCUT2D eigenvalue weighted by Crippen LogP contribution is -2.45. The maximum atomic E-state index is 13.3. The highest BCUT2D eigenvalue weighted by Crippen LogP contribution is 2.19. The Labute approximate surface area is 207 Å². The average Bonchev–Trinajstić information content (AvgIpc) is 2.83. The van der Waals surface area contributed by atoms with E-state index in [4.69, 9.17) is 9.47 Å². The van der Waals surface area contributed by atoms with Crippen LogP contribution in [0.1, 0.15) is 37.5 Å². The minimum absolute atomic E-state index is 0.265. The van der Waals surface area contributed by atoms with Crippen molar-refractivity contribution < 1.29 is 19.1 Å². The zero-order chi connectivity index (χ0) is 25.1. The van der Waals surface area contributed by atoms with Gasteiger partial charge in [0.2, 0.25) is 0 Å². The van der Waals surface area contributed by atoms with E-state index < -0.39 is 23.7 Å². The van der Waals surface area contributed by atoms with Gasteiger partial charge in [-0.25, -0.2) is 9.59 Å². The molecule has 0 fully saturated rings. The van der Waals surface area contributed by atoms with Crippen LogP contribution in [0.4, 0.5) is 4.79 Å². The van der Waals surface area contributed by atoms with E-state index in [1.807, 2.05) is 103 Å². The molecule has 35 heavy (non-hydrogen) atoms. The molecule has 0 heterocycles. The molecule has 180 valence electrons. The monoisotopic (exact) mass is 469 g/mol. The molecular formula is C30H31NO4. The number of hydrogen-bond donors (Lipinski definition) is 1. The smallest absolute Gasteiger partial charge is 0.408 e. The molecule has 1 amide bonds. The van der Waals surface area contributed by atoms with Crippen LogP contribution in [-0.4, -0.2) is 23.7 Å². The highest BCUT2D eigenvalue weighted by molar-refractivity contribution is 5.86. The number of carbonyl (C=O) groups excluding carboxylic acids is 2. The van der Waals surface area contributed by atoms with E-state index in [1.165, 1.54) is 0 Å². The fourth-order valence-electron chi connectivity index (χ4n) is 3.27. The van der Waals surface area contributed by atoms with E-state index in [9.17, 15) is 9.59 Å². The first-order chi connectivity index (χ1) is 16.8. The fourth-order valence-corrected chi connectivity index (χ4v) is 3.27. The molecule has 0 spiro atoms. The predicted molar refractivity (Wildman–Crippen MR) is 139 cm³/mol. The summed E-state index contributed by atoms with van der Waals surface area (Å²) >= 11 is 0. The lowest BCUT2D eigenvalue weighted by molar-refractivity contribution is -0.139. The Hall–Kier alpha value is -4.12. The molecule has 0 aliphatic heterocycles. The Morgan fingerprint density at radius 3 is 2.03 bits per heavy atom. The summed E-state index contributed by atoms with van der Waals surface area (Å²) in [5.41, 5.74) is 1.97. The second-order valence-corrected chi connectivity index (χ2v) is 8.98. The van der Waals surface area contributed by atoms with Crippen molar-refractivity contribution in [3.63, 3.8) is 0 Å². The first kappa shape index (κ1) is 25.5. The number of alkyl carbamates (subject to hydrolysis) is 1. The molecule has 0 radical (unpaired) electrons. The van der Waals surface area contributed by atoms with Crippen LogP contribution in [-0.2, 0) is 20.7 Å². The van der Waals surface area contributed by atoms with E-state index in [2.05, 4.69) is 5.32 Å². The molecule has 0 aliphatic carbocycles. The van der Waals surface area contributed by atoms with E-state index in [-0.39, 0.29) is 6.42 Å². The number of ether oxygens (including phenoxy) is 2. The topological polar surface area (TPSA) is 64.6 Å². The van der Waals surface area contributed by atoms with Gasteiger partial charge in [-0.3, -0.25) is 0 Å². The second kappa shape index (κ2) is 12.4. The summed E-state index contributed by atoms with van der Waals surface area (Å²) < 4.78 is 11.2. The molecule has 3 rings (SSSR count). The van der Waals surface area contributed by atoms with Crippen molar-refractivity contribution in [3.05, 3.63) is 120 Å². The number of amides is 1. The fraction of sp³-hybridized carbons (Fsp3) is 0.200. The van der Waals surface area contributed by atoms with E-state index in [1.54, 1.807) is 26.8 Å². The number of esters is 1. The maximum Gasteiger partial charge on any atom is 0.408 e. The molecule has 1 N–H and O–H groups in total. The van der Waals surface area contributed by atoms with Crippen LogP contribution in [0.3, 0.4) is 0 Å². The maximum absolute atomic E-state index is 13.3. The van der Waals surface area contributed by atoms with E-state index >= 15 is 0 Å². The van der Waals surface area contributed by atoms with Crippen LogP contribution in [0.5, 0.6) is 0 Å². The third kappa shape index (κ3) is 8.97. The van der Waals surface area contributed by atoms with Gasteiger partial charge in [0.15, 0.2) is 0 Å². The first-order valence-electron chi connectivity index (χ1n) is 11.5. The van der Waals surface area contributed by atoms with Crippen LogP contribution in [0.2, 0.25) is 0 Å². The third-order valence-electron chi connectivity index (χ3n) is 4.86. The number of benzene rings is 3. The van der Waals surface area contributed by atoms with Gasteiger partial charge in [-0.05, 0) is 38.0 Å². The first-order valence-corrected chi connectivity index (χ1v) is 11.5. The molecule has 0 saturated carbocycles. The van der Waals surface area contributed by atoms with Crippen molar-refractivity contribution in [3.8, 4) is 0 Å². The average molecular weight is 470 g/mol. The number of rotatable bonds is 8. The molecule has 5 heteroatoms. The summed E-state index contributed by atoms with van der Waals surface area (Å²) in [7, 11) is 0. The minimum atomic E-state index is -0.933. The molecule has 1 unspecified atom stereocenters. The lowest BCUT2D eigenvalue weighted by Gasteiger charge is -2.23. The van der Waals surface area contributed by atoms with Gasteiger partial charge in [0, 0.05) is 12.0 Å². The van der Waals surface area contributed by atoms with Crippen LogP contribution < -0.4 is 5.32 Å². The standard InChI is InChI=1S/C30H31NO4/c1-30(2,3)35-29(33)31-26(22-24-16-9-5-10-17-24)28(32)34-27(25-19-11-6-12-20-25)21-13-18-23-14-7-4-8-15-23/h4-21,26H,22H2,1-3H3,(H,31,33)/b18-13+,27-21+. The number of allylic oxidation sites excluding steroid dienone is 2. The summed E-state index contributed by atoms with van der Waals surface area (Å²) in [5, 5.41) is 2.68. The SMILES string of the molecule is CC(C)(C)OC(=O)NC(Cc1ccccc1)C(=O)O/C(=C/C=C/c1ccccc1)c1ccccc1. The molecule has 0 saturated heterocycles. The molecule has 1 atom stereocenters. The highest BCUT2D eigenvalue weighted by Gasteiger charge is 2.27. The zero-order valence-corrected chi connectivity index (χ0v) is 20.3. The number of hydrogen-bond acceptors (Lipinski definition) is 4. The van der Waals surface area contributed by atoms with Crippen LogP contribution in [0.25, 0.3) is 11.8 Å². The highest BCUT2D eigenvalue weighted by atomic mass is 16.6. The molecule has 5 nitrogen and oxygen atoms in total. The summed E-state index contributed by atoms with van der Waals surface area (Å²) in [6.45, 7) is 5.31. The Morgan fingerprint density at radius 2 is 1.43 bits per heavy atom. The van der Waals surface area contributed by atoms with E-state index in [0.29, 0.717) is 5.76 Å². The van der Waals surface area contributed by atoms with Gasteiger partial charge in [-0.1, -0.05) is 103 Å². The van der Waals surface area contributed by atoms with Crippen LogP contribution >= 0.6 is 0 Å². The predicted octanol–water partition coefficient (Wildman–Crippen LogP) is 6.42. The summed E-state index contributed by atoms with van der Waals surface area (Å²) in [6.07, 6.45) is 5.09. The van der Waals surface area contributed by atoms with Crippen LogP contribution in [0.15, 0.2) is 103 Å². The van der Waals surface area contributed by atoms with Crippen molar-refractivity contribution in [1.29, 1.82) is 0 Å². The normalized spacial score (nSPS) is 12.7. The van der Waals surface area contributed by atoms with Gasteiger partial charge in [-0.2, -0.15) is 0 Å². The van der Waals surface area contributed by atoms with Crippen molar-refractivity contribution >= 4 is 23.9 Å².